The van der Waals surface area contributed by atoms with Crippen molar-refractivity contribution in [3.05, 3.63) is 89.0 Å². The Labute approximate surface area is 191 Å². The Balaban J connectivity index is 2.25. The number of hydrogen-bond donors (Lipinski definition) is 3. The summed E-state index contributed by atoms with van der Waals surface area (Å²) >= 11 is 0. The summed E-state index contributed by atoms with van der Waals surface area (Å²) in [4.78, 5) is 12.5. The molecule has 0 saturated carbocycles. The van der Waals surface area contributed by atoms with Crippen molar-refractivity contribution in [2.75, 3.05) is 17.7 Å². The average molecular weight is 482 g/mol. The van der Waals surface area contributed by atoms with Crippen molar-refractivity contribution in [2.24, 2.45) is 0 Å². The molecule has 0 fully saturated rings. The first-order valence-electron chi connectivity index (χ1n) is 9.95. The zero-order valence-electron chi connectivity index (χ0n) is 18.0. The molecule has 3 aromatic rings. The summed E-state index contributed by atoms with van der Waals surface area (Å²) in [6.45, 7) is 1.45. The Morgan fingerprint density at radius 3 is 1.85 bits per heavy atom. The van der Waals surface area contributed by atoms with Crippen LogP contribution in [0.1, 0.15) is 27.0 Å². The smallest absolute Gasteiger partial charge is 0.411 e. The molecule has 0 aromatic heterocycles. The zero-order chi connectivity index (χ0) is 25.3. The van der Waals surface area contributed by atoms with Crippen molar-refractivity contribution in [1.29, 1.82) is 0 Å². The minimum Gasteiger partial charge on any atom is -0.506 e. The van der Waals surface area contributed by atoms with E-state index in [1.165, 1.54) is 26.1 Å². The summed E-state index contributed by atoms with van der Waals surface area (Å²) in [5.74, 6) is -1.20. The van der Waals surface area contributed by atoms with Crippen LogP contribution in [-0.4, -0.2) is 30.4 Å². The molecule has 0 bridgehead atoms. The van der Waals surface area contributed by atoms with E-state index in [0.717, 1.165) is 18.2 Å². The van der Waals surface area contributed by atoms with Gasteiger partial charge in [0.2, 0.25) is 5.41 Å². The van der Waals surface area contributed by atoms with Gasteiger partial charge in [0.15, 0.2) is 0 Å². The van der Waals surface area contributed by atoms with E-state index in [-0.39, 0.29) is 22.5 Å². The van der Waals surface area contributed by atoms with E-state index in [0.29, 0.717) is 18.2 Å². The first-order chi connectivity index (χ1) is 15.8. The van der Waals surface area contributed by atoms with E-state index < -0.39 is 40.6 Å². The molecular formula is C24H20F6N2O2. The first kappa shape index (κ1) is 24.9. The first-order valence-corrected chi connectivity index (χ1v) is 9.95. The number of hydrogen-bond acceptors (Lipinski definition) is 3. The summed E-state index contributed by atoms with van der Waals surface area (Å²) in [5, 5.41) is 14.6. The number of alkyl halides is 6. The van der Waals surface area contributed by atoms with Gasteiger partial charge in [-0.1, -0.05) is 36.4 Å². The van der Waals surface area contributed by atoms with Gasteiger partial charge in [0.1, 0.15) is 5.75 Å². The fourth-order valence-electron chi connectivity index (χ4n) is 3.73. The van der Waals surface area contributed by atoms with Crippen LogP contribution in [0.3, 0.4) is 0 Å². The fourth-order valence-corrected chi connectivity index (χ4v) is 3.73. The SMILES string of the molecule is CNc1cc(C(c2ccc(C)c(NC(=O)c3ccccc3)c2)(C(F)(F)F)C(F)(F)F)ccc1O. The fraction of sp³-hybridized carbons (Fsp3) is 0.208. The number of benzene rings is 3. The number of aryl methyl sites for hydroxylation is 1. The molecule has 1 amide bonds. The van der Waals surface area contributed by atoms with Crippen LogP contribution in [0.2, 0.25) is 0 Å². The van der Waals surface area contributed by atoms with Crippen LogP contribution in [0.25, 0.3) is 0 Å². The Morgan fingerprint density at radius 1 is 0.794 bits per heavy atom. The molecule has 0 unspecified atom stereocenters. The zero-order valence-corrected chi connectivity index (χ0v) is 18.0. The minimum atomic E-state index is -5.82. The van der Waals surface area contributed by atoms with Gasteiger partial charge in [-0.2, -0.15) is 26.3 Å². The Kier molecular flexibility index (Phi) is 6.55. The Morgan fingerprint density at radius 2 is 1.32 bits per heavy atom. The quantitative estimate of drug-likeness (QED) is 0.291. The van der Waals surface area contributed by atoms with Gasteiger partial charge < -0.3 is 15.7 Å². The molecule has 3 aromatic carbocycles. The number of nitrogens with one attached hydrogen (secondary N) is 2. The number of phenolic OH excluding ortho intramolecular Hbond substituents is 1. The third-order valence-corrected chi connectivity index (χ3v) is 5.50. The molecule has 180 valence electrons. The summed E-state index contributed by atoms with van der Waals surface area (Å²) < 4.78 is 86.7. The van der Waals surface area contributed by atoms with Gasteiger partial charge in [-0.15, -0.1) is 0 Å². The van der Waals surface area contributed by atoms with Gasteiger partial charge >= 0.3 is 12.4 Å². The predicted molar refractivity (Wildman–Crippen MR) is 116 cm³/mol. The lowest BCUT2D eigenvalue weighted by atomic mass is 9.72. The van der Waals surface area contributed by atoms with E-state index in [1.54, 1.807) is 18.2 Å². The van der Waals surface area contributed by atoms with Gasteiger partial charge in [-0.25, -0.2) is 0 Å². The molecule has 0 spiro atoms. The van der Waals surface area contributed by atoms with Crippen molar-refractivity contribution >= 4 is 17.3 Å². The standard InChI is InChI=1S/C24H20F6N2O2/c1-14-8-9-16(12-18(14)32-21(34)15-6-4-3-5-7-15)22(23(25,26)27,24(28,29)30)17-10-11-20(33)19(13-17)31-2/h3-13,31,33H,1-2H3,(H,32,34). The van der Waals surface area contributed by atoms with Crippen LogP contribution in [-0.2, 0) is 5.41 Å². The minimum absolute atomic E-state index is 0.183. The second-order valence-electron chi connectivity index (χ2n) is 7.58. The molecule has 0 saturated heterocycles. The van der Waals surface area contributed by atoms with Crippen molar-refractivity contribution in [3.63, 3.8) is 0 Å². The average Bonchev–Trinajstić information content (AvgIpc) is 2.76. The Bertz CT molecular complexity index is 1180. The van der Waals surface area contributed by atoms with E-state index in [9.17, 15) is 36.2 Å². The molecule has 0 aliphatic carbocycles. The molecule has 4 nitrogen and oxygen atoms in total. The summed E-state index contributed by atoms with van der Waals surface area (Å²) in [5.41, 5.74) is -6.75. The van der Waals surface area contributed by atoms with Crippen LogP contribution in [0.15, 0.2) is 66.7 Å². The van der Waals surface area contributed by atoms with Crippen LogP contribution in [0, 0.1) is 6.92 Å². The maximum absolute atomic E-state index is 14.4. The highest BCUT2D eigenvalue weighted by atomic mass is 19.4. The molecule has 34 heavy (non-hydrogen) atoms. The van der Waals surface area contributed by atoms with Gasteiger partial charge in [0.25, 0.3) is 5.91 Å². The van der Waals surface area contributed by atoms with E-state index in [2.05, 4.69) is 10.6 Å². The van der Waals surface area contributed by atoms with Crippen LogP contribution in [0.5, 0.6) is 5.75 Å². The second-order valence-corrected chi connectivity index (χ2v) is 7.58. The van der Waals surface area contributed by atoms with Crippen molar-refractivity contribution in [2.45, 2.75) is 24.7 Å². The molecule has 10 heteroatoms. The van der Waals surface area contributed by atoms with Crippen molar-refractivity contribution < 1.29 is 36.2 Å². The van der Waals surface area contributed by atoms with E-state index in [4.69, 9.17) is 0 Å². The summed E-state index contributed by atoms with van der Waals surface area (Å²) in [7, 11) is 1.25. The maximum atomic E-state index is 14.4. The lowest BCUT2D eigenvalue weighted by molar-refractivity contribution is -0.288. The number of carbonyl (C=O) groups is 1. The molecule has 0 aliphatic heterocycles. The molecular weight excluding hydrogens is 462 g/mol. The topological polar surface area (TPSA) is 61.4 Å². The number of anilines is 2. The molecule has 0 atom stereocenters. The molecule has 0 heterocycles. The third-order valence-electron chi connectivity index (χ3n) is 5.50. The van der Waals surface area contributed by atoms with Crippen molar-refractivity contribution in [3.8, 4) is 5.75 Å². The number of amides is 1. The summed E-state index contributed by atoms with van der Waals surface area (Å²) in [6, 6.07) is 12.2. The highest BCUT2D eigenvalue weighted by Crippen LogP contribution is 2.57. The van der Waals surface area contributed by atoms with Gasteiger partial charge in [-0.05, 0) is 53.9 Å². The van der Waals surface area contributed by atoms with E-state index in [1.807, 2.05) is 0 Å². The lowest BCUT2D eigenvalue weighted by Crippen LogP contribution is -2.54. The van der Waals surface area contributed by atoms with Gasteiger partial charge in [-0.3, -0.25) is 4.79 Å². The number of carbonyl (C=O) groups excluding carboxylic acids is 1. The number of phenols is 1. The van der Waals surface area contributed by atoms with Crippen LogP contribution < -0.4 is 10.6 Å². The number of halogens is 6. The van der Waals surface area contributed by atoms with Gasteiger partial charge in [0, 0.05) is 18.3 Å². The van der Waals surface area contributed by atoms with Crippen LogP contribution >= 0.6 is 0 Å². The summed E-state index contributed by atoms with van der Waals surface area (Å²) in [6.07, 6.45) is -11.6. The third kappa shape index (κ3) is 4.27. The van der Waals surface area contributed by atoms with Gasteiger partial charge in [0.05, 0.1) is 5.69 Å². The largest absolute Gasteiger partial charge is 0.506 e. The van der Waals surface area contributed by atoms with E-state index >= 15 is 0 Å². The lowest BCUT2D eigenvalue weighted by Gasteiger charge is -2.38. The highest BCUT2D eigenvalue weighted by Gasteiger charge is 2.72. The number of aromatic hydroxyl groups is 1. The molecule has 0 aliphatic rings. The van der Waals surface area contributed by atoms with Crippen LogP contribution in [0.4, 0.5) is 37.7 Å². The van der Waals surface area contributed by atoms with Crippen molar-refractivity contribution in [1.82, 2.24) is 0 Å². The molecule has 3 N–H and O–H groups in total. The number of rotatable bonds is 5. The predicted octanol–water partition coefficient (Wildman–Crippen LogP) is 6.41. The highest BCUT2D eigenvalue weighted by molar-refractivity contribution is 6.04. The second kappa shape index (κ2) is 8.92. The normalized spacial score (nSPS) is 12.4. The maximum Gasteiger partial charge on any atom is 0.411 e. The molecule has 3 rings (SSSR count). The monoisotopic (exact) mass is 482 g/mol. The Hall–Kier alpha value is -3.69. The molecule has 0 radical (unpaired) electrons.